The van der Waals surface area contributed by atoms with Gasteiger partial charge in [-0.3, -0.25) is 0 Å². The van der Waals surface area contributed by atoms with Crippen molar-refractivity contribution in [1.29, 1.82) is 0 Å². The second kappa shape index (κ2) is 10.5. The van der Waals surface area contributed by atoms with Gasteiger partial charge < -0.3 is 0 Å². The van der Waals surface area contributed by atoms with Gasteiger partial charge in [-0.15, -0.1) is 24.8 Å². The van der Waals surface area contributed by atoms with E-state index in [-0.39, 0.29) is 24.8 Å². The van der Waals surface area contributed by atoms with Gasteiger partial charge >= 0.3 is 219 Å². The van der Waals surface area contributed by atoms with E-state index in [1.54, 1.807) is 11.1 Å². The number of fused-ring (bicyclic) bond motifs is 2. The van der Waals surface area contributed by atoms with E-state index < -0.39 is 17.4 Å². The van der Waals surface area contributed by atoms with Gasteiger partial charge in [-0.05, 0) is 0 Å². The van der Waals surface area contributed by atoms with Crippen molar-refractivity contribution >= 4 is 43.8 Å². The second-order valence-electron chi connectivity index (χ2n) is 11.8. The third kappa shape index (κ3) is 4.56. The number of benzene rings is 3. The second-order valence-corrected chi connectivity index (χ2v) is 42.3. The molecule has 3 aromatic carbocycles. The van der Waals surface area contributed by atoms with E-state index in [9.17, 15) is 0 Å². The molecule has 0 radical (unpaired) electrons. The first-order valence-corrected chi connectivity index (χ1v) is 26.6. The van der Waals surface area contributed by atoms with Crippen LogP contribution in [-0.4, -0.2) is 11.9 Å². The minimum Gasteiger partial charge on any atom is -0.147 e. The van der Waals surface area contributed by atoms with Crippen LogP contribution in [0.1, 0.15) is 43.4 Å². The number of rotatable bonds is 4. The van der Waals surface area contributed by atoms with Gasteiger partial charge in [0.05, 0.1) is 0 Å². The van der Waals surface area contributed by atoms with Crippen molar-refractivity contribution in [3.8, 4) is 22.3 Å². The van der Waals surface area contributed by atoms with Gasteiger partial charge in [0.15, 0.2) is 0 Å². The summed E-state index contributed by atoms with van der Waals surface area (Å²) in [6.07, 6.45) is 8.79. The first-order valence-electron chi connectivity index (χ1n) is 12.9. The summed E-state index contributed by atoms with van der Waals surface area (Å²) in [4.78, 5) is 4.25. The van der Waals surface area contributed by atoms with E-state index in [1.165, 1.54) is 44.5 Å². The molecule has 194 valence electrons. The Hall–Kier alpha value is -2.03. The molecule has 1 aromatic heterocycles. The molecule has 0 saturated carbocycles. The van der Waals surface area contributed by atoms with Crippen molar-refractivity contribution in [3.63, 3.8) is 0 Å². The van der Waals surface area contributed by atoms with Gasteiger partial charge in [0.1, 0.15) is 0 Å². The number of nitrogens with zero attached hydrogens (tertiary/aromatic N) is 1. The smallest absolute Gasteiger partial charge is 0.147 e. The van der Waals surface area contributed by atoms with Crippen molar-refractivity contribution < 1.29 is 17.4 Å². The van der Waals surface area contributed by atoms with E-state index >= 15 is 0 Å². The zero-order chi connectivity index (χ0) is 25.1. The Kier molecular flexibility index (Phi) is 8.01. The molecule has 0 bridgehead atoms. The summed E-state index contributed by atoms with van der Waals surface area (Å²) in [5.41, 5.74) is 14.3. The van der Waals surface area contributed by atoms with Crippen molar-refractivity contribution in [1.82, 2.24) is 4.98 Å². The van der Waals surface area contributed by atoms with Crippen LogP contribution in [0.15, 0.2) is 102 Å². The van der Waals surface area contributed by atoms with Crippen LogP contribution < -0.4 is 0 Å². The molecule has 6 rings (SSSR count). The van der Waals surface area contributed by atoms with E-state index in [1.807, 2.05) is 12.4 Å². The molecule has 0 amide bonds. The molecule has 2 aliphatic rings. The zero-order valence-corrected chi connectivity index (χ0v) is 27.9. The minimum absolute atomic E-state index is 0. The Morgan fingerprint density at radius 2 is 1.05 bits per heavy atom. The number of hydrogen-bond donors (Lipinski definition) is 0. The third-order valence-corrected chi connectivity index (χ3v) is 26.4. The molecule has 0 aliphatic heterocycles. The maximum Gasteiger partial charge on any atom is -0.147 e. The van der Waals surface area contributed by atoms with Crippen LogP contribution in [0.5, 0.6) is 0 Å². The fraction of sp³-hybridized carbons (Fsp3) is 0.182. The summed E-state index contributed by atoms with van der Waals surface area (Å²) in [7, 11) is 0. The van der Waals surface area contributed by atoms with Crippen LogP contribution in [0.4, 0.5) is 0 Å². The Morgan fingerprint density at radius 1 is 0.605 bits per heavy atom. The van der Waals surface area contributed by atoms with Crippen molar-refractivity contribution in [2.75, 3.05) is 0 Å². The fourth-order valence-corrected chi connectivity index (χ4v) is 28.7. The molecular formula is C33H35Cl2NSiZr. The van der Waals surface area contributed by atoms with Crippen molar-refractivity contribution in [2.24, 2.45) is 0 Å². The molecule has 2 atom stereocenters. The first-order chi connectivity index (χ1) is 17.2. The molecular weight excluding hydrogens is 601 g/mol. The van der Waals surface area contributed by atoms with Crippen molar-refractivity contribution in [3.05, 3.63) is 125 Å². The maximum absolute atomic E-state index is 4.25. The molecule has 2 unspecified atom stereocenters. The van der Waals surface area contributed by atoms with Gasteiger partial charge in [-0.1, -0.05) is 0 Å². The predicted molar refractivity (Wildman–Crippen MR) is 169 cm³/mol. The molecule has 0 saturated heterocycles. The first kappa shape index (κ1) is 29.0. The number of halogens is 2. The number of hydrogen-bond acceptors (Lipinski definition) is 1. The van der Waals surface area contributed by atoms with Gasteiger partial charge in [0.2, 0.25) is 0 Å². The molecule has 0 N–H and O–H groups in total. The topological polar surface area (TPSA) is 12.9 Å². The quantitative estimate of drug-likeness (QED) is 0.204. The van der Waals surface area contributed by atoms with Crippen LogP contribution in [-0.2, 0) is 17.4 Å². The summed E-state index contributed by atoms with van der Waals surface area (Å²) < 4.78 is 6.48. The van der Waals surface area contributed by atoms with Gasteiger partial charge in [0, 0.05) is 0 Å². The zero-order valence-electron chi connectivity index (χ0n) is 22.4. The predicted octanol–water partition coefficient (Wildman–Crippen LogP) is 9.21. The average molecular weight is 636 g/mol. The van der Waals surface area contributed by atoms with Gasteiger partial charge in [-0.2, -0.15) is 0 Å². The average Bonchev–Trinajstić information content (AvgIpc) is 3.41. The molecule has 0 fully saturated rings. The number of allylic oxidation sites excluding steroid dienone is 2. The van der Waals surface area contributed by atoms with Crippen LogP contribution in [0.2, 0.25) is 9.26 Å². The minimum atomic E-state index is -3.49. The summed E-state index contributed by atoms with van der Waals surface area (Å²) in [6, 6.07) is 29.1. The SMILES string of the molecule is CC1=Cc2c(-c3ccccc3)cccc2[CH]1[Zr]([CH3])([CH3])(=[SiH2])[CH]1C(C)=Cc2c(-c3ccncc3)cccc21.Cl.Cl. The van der Waals surface area contributed by atoms with E-state index in [0.29, 0.717) is 7.25 Å². The van der Waals surface area contributed by atoms with Crippen molar-refractivity contribution in [2.45, 2.75) is 30.4 Å². The van der Waals surface area contributed by atoms with Gasteiger partial charge in [-0.25, -0.2) is 0 Å². The van der Waals surface area contributed by atoms with Crippen LogP contribution in [0, 0.1) is 0 Å². The number of pyridine rings is 1. The largest absolute Gasteiger partial charge is 0.147 e. The number of aromatic nitrogens is 1. The summed E-state index contributed by atoms with van der Waals surface area (Å²) in [5.74, 6) is 0. The van der Waals surface area contributed by atoms with Crippen LogP contribution >= 0.6 is 24.8 Å². The fourth-order valence-electron chi connectivity index (χ4n) is 7.44. The van der Waals surface area contributed by atoms with Crippen LogP contribution in [0.25, 0.3) is 34.4 Å². The molecule has 5 heteroatoms. The van der Waals surface area contributed by atoms with Crippen LogP contribution in [0.3, 0.4) is 0 Å². The monoisotopic (exact) mass is 633 g/mol. The standard InChI is InChI=1S/C16H13.C15H12N.2CH3.2ClH.H2Si.Zr/c1-12-10-14-8-5-9-15(16(14)11-12)13-6-3-2-4-7-13;1-11-9-13-3-2-4-14(15(13)10-11)12-5-7-16-8-6-12;;;;;;/h2-11H,1H3;2-10H,1H3;2*1H3;2*1H;1H2;. The Balaban J connectivity index is 0.00000168. The Bertz CT molecular complexity index is 1520. The normalized spacial score (nSPS) is 17.9. The van der Waals surface area contributed by atoms with Gasteiger partial charge in [0.25, 0.3) is 0 Å². The Labute approximate surface area is 241 Å². The Morgan fingerprint density at radius 3 is 1.53 bits per heavy atom. The maximum atomic E-state index is 4.25. The van der Waals surface area contributed by atoms with E-state index in [0.717, 1.165) is 0 Å². The molecule has 38 heavy (non-hydrogen) atoms. The van der Waals surface area contributed by atoms with E-state index in [2.05, 4.69) is 126 Å². The summed E-state index contributed by atoms with van der Waals surface area (Å²) in [5, 5.41) is 0. The molecule has 1 heterocycles. The molecule has 0 spiro atoms. The third-order valence-electron chi connectivity index (χ3n) is 8.53. The summed E-state index contributed by atoms with van der Waals surface area (Å²) >= 11 is -3.49. The molecule has 4 aromatic rings. The van der Waals surface area contributed by atoms with E-state index in [4.69, 9.17) is 0 Å². The molecule has 2 aliphatic carbocycles. The molecule has 1 nitrogen and oxygen atoms in total. The summed E-state index contributed by atoms with van der Waals surface area (Å²) in [6.45, 7) is 7.18.